The van der Waals surface area contributed by atoms with Crippen molar-refractivity contribution in [2.45, 2.75) is 39.1 Å². The summed E-state index contributed by atoms with van der Waals surface area (Å²) in [6.45, 7) is 7.95. The first-order valence-corrected chi connectivity index (χ1v) is 8.16. The molecule has 0 aliphatic heterocycles. The lowest BCUT2D eigenvalue weighted by Gasteiger charge is -2.15. The fourth-order valence-electron chi connectivity index (χ4n) is 2.24. The zero-order valence-corrected chi connectivity index (χ0v) is 13.5. The van der Waals surface area contributed by atoms with E-state index in [-0.39, 0.29) is 4.90 Å². The van der Waals surface area contributed by atoms with Crippen molar-refractivity contribution in [1.82, 2.24) is 9.78 Å². The van der Waals surface area contributed by atoms with Crippen LogP contribution >= 0.6 is 0 Å². The third kappa shape index (κ3) is 2.87. The summed E-state index contributed by atoms with van der Waals surface area (Å²) in [4.78, 5) is 0.240. The SMILES string of the molecule is CCn1cc(NS(=O)(=O)c2c(C)c(C)cc(N)c2C)cn1. The highest BCUT2D eigenvalue weighted by Gasteiger charge is 2.22. The van der Waals surface area contributed by atoms with E-state index in [1.807, 2.05) is 13.8 Å². The van der Waals surface area contributed by atoms with Crippen molar-refractivity contribution in [1.29, 1.82) is 0 Å². The molecule has 0 aliphatic rings. The van der Waals surface area contributed by atoms with Gasteiger partial charge in [-0.3, -0.25) is 9.40 Å². The molecule has 7 heteroatoms. The third-order valence-corrected chi connectivity index (χ3v) is 5.21. The number of nitrogens with zero attached hydrogens (tertiary/aromatic N) is 2. The molecule has 1 aromatic heterocycles. The van der Waals surface area contributed by atoms with E-state index in [9.17, 15) is 8.42 Å². The van der Waals surface area contributed by atoms with Crippen molar-refractivity contribution in [3.63, 3.8) is 0 Å². The number of aromatic nitrogens is 2. The number of aryl methyl sites for hydroxylation is 2. The van der Waals surface area contributed by atoms with Crippen molar-refractivity contribution in [2.24, 2.45) is 0 Å². The van der Waals surface area contributed by atoms with E-state index in [2.05, 4.69) is 9.82 Å². The molecule has 0 amide bonds. The highest BCUT2D eigenvalue weighted by atomic mass is 32.2. The van der Waals surface area contributed by atoms with Crippen molar-refractivity contribution in [2.75, 3.05) is 10.5 Å². The van der Waals surface area contributed by atoms with Crippen molar-refractivity contribution >= 4 is 21.4 Å². The fraction of sp³-hybridized carbons (Fsp3) is 0.357. The molecule has 0 atom stereocenters. The molecule has 0 bridgehead atoms. The molecule has 0 saturated heterocycles. The maximum absolute atomic E-state index is 12.6. The molecule has 3 N–H and O–H groups in total. The minimum atomic E-state index is -3.70. The monoisotopic (exact) mass is 308 g/mol. The van der Waals surface area contributed by atoms with Gasteiger partial charge in [0.15, 0.2) is 0 Å². The van der Waals surface area contributed by atoms with Gasteiger partial charge in [0.25, 0.3) is 10.0 Å². The van der Waals surface area contributed by atoms with Gasteiger partial charge in [-0.1, -0.05) is 0 Å². The van der Waals surface area contributed by atoms with E-state index < -0.39 is 10.0 Å². The maximum Gasteiger partial charge on any atom is 0.262 e. The smallest absolute Gasteiger partial charge is 0.262 e. The lowest BCUT2D eigenvalue weighted by molar-refractivity contribution is 0.600. The largest absolute Gasteiger partial charge is 0.398 e. The van der Waals surface area contributed by atoms with Gasteiger partial charge in [0.1, 0.15) is 0 Å². The fourth-order valence-corrected chi connectivity index (χ4v) is 3.84. The highest BCUT2D eigenvalue weighted by molar-refractivity contribution is 7.92. The van der Waals surface area contributed by atoms with Gasteiger partial charge in [-0.25, -0.2) is 8.42 Å². The normalized spacial score (nSPS) is 11.6. The number of anilines is 2. The summed E-state index contributed by atoms with van der Waals surface area (Å²) in [5.41, 5.74) is 8.93. The number of rotatable bonds is 4. The van der Waals surface area contributed by atoms with Gasteiger partial charge in [0, 0.05) is 18.4 Å². The predicted molar refractivity (Wildman–Crippen MR) is 83.8 cm³/mol. The Bertz CT molecular complexity index is 752. The van der Waals surface area contributed by atoms with E-state index in [1.54, 1.807) is 30.8 Å². The van der Waals surface area contributed by atoms with Gasteiger partial charge >= 0.3 is 0 Å². The van der Waals surface area contributed by atoms with Crippen molar-refractivity contribution in [3.05, 3.63) is 35.2 Å². The second-order valence-corrected chi connectivity index (χ2v) is 6.67. The summed E-state index contributed by atoms with van der Waals surface area (Å²) in [5.74, 6) is 0. The van der Waals surface area contributed by atoms with Crippen molar-refractivity contribution < 1.29 is 8.42 Å². The molecule has 21 heavy (non-hydrogen) atoms. The number of benzene rings is 1. The van der Waals surface area contributed by atoms with Gasteiger partial charge in [-0.05, 0) is 50.5 Å². The van der Waals surface area contributed by atoms with Gasteiger partial charge in [0.05, 0.1) is 16.8 Å². The van der Waals surface area contributed by atoms with Crippen LogP contribution in [0.5, 0.6) is 0 Å². The van der Waals surface area contributed by atoms with Gasteiger partial charge in [-0.15, -0.1) is 0 Å². The lowest BCUT2D eigenvalue weighted by atomic mass is 10.1. The van der Waals surface area contributed by atoms with Crippen LogP contribution in [0.25, 0.3) is 0 Å². The average molecular weight is 308 g/mol. The first kappa shape index (κ1) is 15.4. The number of nitrogens with two attached hydrogens (primary N) is 1. The molecule has 0 unspecified atom stereocenters. The Balaban J connectivity index is 2.49. The van der Waals surface area contributed by atoms with Crippen LogP contribution in [-0.2, 0) is 16.6 Å². The number of hydrogen-bond donors (Lipinski definition) is 2. The first-order valence-electron chi connectivity index (χ1n) is 6.67. The van der Waals surface area contributed by atoms with E-state index in [1.165, 1.54) is 6.20 Å². The van der Waals surface area contributed by atoms with Gasteiger partial charge < -0.3 is 5.73 Å². The van der Waals surface area contributed by atoms with Crippen molar-refractivity contribution in [3.8, 4) is 0 Å². The Labute approximate surface area is 125 Å². The second-order valence-electron chi connectivity index (χ2n) is 5.05. The Morgan fingerprint density at radius 2 is 1.95 bits per heavy atom. The summed E-state index contributed by atoms with van der Waals surface area (Å²) < 4.78 is 29.5. The van der Waals surface area contributed by atoms with Crippen LogP contribution in [0.3, 0.4) is 0 Å². The minimum absolute atomic E-state index is 0.240. The average Bonchev–Trinajstić information content (AvgIpc) is 2.83. The summed E-state index contributed by atoms with van der Waals surface area (Å²) in [5, 5.41) is 4.06. The number of nitrogen functional groups attached to an aromatic ring is 1. The Hall–Kier alpha value is -2.02. The molecule has 0 fully saturated rings. The molecule has 6 nitrogen and oxygen atoms in total. The molecular formula is C14H20N4O2S. The zero-order chi connectivity index (χ0) is 15.8. The van der Waals surface area contributed by atoms with E-state index >= 15 is 0 Å². The van der Waals surface area contributed by atoms with E-state index in [4.69, 9.17) is 5.73 Å². The first-order chi connectivity index (χ1) is 9.76. The van der Waals surface area contributed by atoms with E-state index in [0.29, 0.717) is 29.0 Å². The zero-order valence-electron chi connectivity index (χ0n) is 12.6. The number of hydrogen-bond acceptors (Lipinski definition) is 4. The molecule has 114 valence electrons. The topological polar surface area (TPSA) is 90.0 Å². The lowest BCUT2D eigenvalue weighted by Crippen LogP contribution is -2.17. The quantitative estimate of drug-likeness (QED) is 0.847. The molecule has 1 heterocycles. The maximum atomic E-state index is 12.6. The molecule has 2 aromatic rings. The summed E-state index contributed by atoms with van der Waals surface area (Å²) >= 11 is 0. The Kier molecular flexibility index (Phi) is 3.95. The van der Waals surface area contributed by atoms with Gasteiger partial charge in [-0.2, -0.15) is 5.10 Å². The van der Waals surface area contributed by atoms with Crippen LogP contribution in [0.15, 0.2) is 23.4 Å². The number of nitrogens with one attached hydrogen (secondary N) is 1. The van der Waals surface area contributed by atoms with Crippen LogP contribution in [-0.4, -0.2) is 18.2 Å². The van der Waals surface area contributed by atoms with E-state index in [0.717, 1.165) is 5.56 Å². The summed E-state index contributed by atoms with van der Waals surface area (Å²) in [7, 11) is -3.70. The predicted octanol–water partition coefficient (Wildman–Crippen LogP) is 2.21. The van der Waals surface area contributed by atoms with Crippen LogP contribution in [0.2, 0.25) is 0 Å². The molecule has 0 saturated carbocycles. The third-order valence-electron chi connectivity index (χ3n) is 3.56. The van der Waals surface area contributed by atoms with Gasteiger partial charge in [0.2, 0.25) is 0 Å². The van der Waals surface area contributed by atoms with Crippen LogP contribution < -0.4 is 10.5 Å². The molecule has 0 spiro atoms. The minimum Gasteiger partial charge on any atom is -0.398 e. The van der Waals surface area contributed by atoms with Crippen LogP contribution in [0.1, 0.15) is 23.6 Å². The number of sulfonamides is 1. The molecule has 2 rings (SSSR count). The second kappa shape index (κ2) is 5.40. The summed E-state index contributed by atoms with van der Waals surface area (Å²) in [6, 6.07) is 1.79. The van der Waals surface area contributed by atoms with Crippen LogP contribution in [0.4, 0.5) is 11.4 Å². The molecular weight excluding hydrogens is 288 g/mol. The van der Waals surface area contributed by atoms with Crippen LogP contribution in [0, 0.1) is 20.8 Å². The Morgan fingerprint density at radius 1 is 1.29 bits per heavy atom. The Morgan fingerprint density at radius 3 is 2.52 bits per heavy atom. The molecule has 0 radical (unpaired) electrons. The summed E-state index contributed by atoms with van der Waals surface area (Å²) in [6.07, 6.45) is 3.15. The molecule has 1 aromatic carbocycles. The molecule has 0 aliphatic carbocycles. The highest BCUT2D eigenvalue weighted by Crippen LogP contribution is 2.29. The standard InChI is InChI=1S/C14H20N4O2S/c1-5-18-8-12(7-16-18)17-21(19,20)14-10(3)9(2)6-13(15)11(14)4/h6-8,17H,5,15H2,1-4H3.